The minimum absolute atomic E-state index is 0.109. The zero-order chi connectivity index (χ0) is 29.4. The fourth-order valence-electron chi connectivity index (χ4n) is 4.60. The van der Waals surface area contributed by atoms with Crippen molar-refractivity contribution in [3.63, 3.8) is 0 Å². The van der Waals surface area contributed by atoms with Crippen molar-refractivity contribution < 1.29 is 29.3 Å². The van der Waals surface area contributed by atoms with Crippen molar-refractivity contribution in [3.8, 4) is 17.2 Å². The van der Waals surface area contributed by atoms with Crippen LogP contribution in [0.25, 0.3) is 5.57 Å². The van der Waals surface area contributed by atoms with Crippen LogP contribution >= 0.6 is 0 Å². The molecule has 0 saturated carbocycles. The molecule has 41 heavy (non-hydrogen) atoms. The Morgan fingerprint density at radius 3 is 2.02 bits per heavy atom. The van der Waals surface area contributed by atoms with E-state index in [-0.39, 0.29) is 24.3 Å². The van der Waals surface area contributed by atoms with Gasteiger partial charge in [-0.05, 0) is 71.7 Å². The molecule has 7 nitrogen and oxygen atoms in total. The number of amides is 1. The smallest absolute Gasteiger partial charge is 0.262 e. The summed E-state index contributed by atoms with van der Waals surface area (Å²) in [4.78, 5) is 29.0. The lowest BCUT2D eigenvalue weighted by Gasteiger charge is -2.23. The van der Waals surface area contributed by atoms with Crippen molar-refractivity contribution in [1.82, 2.24) is 4.90 Å². The second-order valence-electron chi connectivity index (χ2n) is 9.51. The van der Waals surface area contributed by atoms with Gasteiger partial charge < -0.3 is 24.6 Å². The molecule has 1 aliphatic heterocycles. The van der Waals surface area contributed by atoms with Gasteiger partial charge in [0.15, 0.2) is 5.78 Å². The molecule has 0 spiro atoms. The number of nitrogens with zero attached hydrogens (tertiary/aromatic N) is 1. The average molecular weight is 552 g/mol. The molecule has 4 rings (SSSR count). The first kappa shape index (κ1) is 29.0. The predicted octanol–water partition coefficient (Wildman–Crippen LogP) is 5.96. The number of carbonyl (C=O) groups is 2. The highest BCUT2D eigenvalue weighted by molar-refractivity contribution is 6.27. The summed E-state index contributed by atoms with van der Waals surface area (Å²) in [7, 11) is 3.16. The highest BCUT2D eigenvalue weighted by atomic mass is 16.5. The molecular formula is C34H33NO6. The van der Waals surface area contributed by atoms with E-state index in [0.29, 0.717) is 17.1 Å². The van der Waals surface area contributed by atoms with Gasteiger partial charge >= 0.3 is 0 Å². The van der Waals surface area contributed by atoms with Crippen LogP contribution in [0.2, 0.25) is 0 Å². The highest BCUT2D eigenvalue weighted by Gasteiger charge is 2.44. The molecular weight excluding hydrogens is 518 g/mol. The maximum Gasteiger partial charge on any atom is 0.262 e. The number of rotatable bonds is 10. The molecule has 1 fully saturated rings. The number of methoxy groups -OCH3 is 2. The van der Waals surface area contributed by atoms with Gasteiger partial charge in [0, 0.05) is 13.0 Å². The second kappa shape index (κ2) is 13.3. The minimum Gasteiger partial charge on any atom is -0.508 e. The van der Waals surface area contributed by atoms with Crippen molar-refractivity contribution in [2.24, 2.45) is 0 Å². The third-order valence-electron chi connectivity index (χ3n) is 6.83. The Balaban J connectivity index is 1.75. The van der Waals surface area contributed by atoms with Gasteiger partial charge in [-0.2, -0.15) is 0 Å². The Morgan fingerprint density at radius 2 is 1.44 bits per heavy atom. The SMILES string of the molecule is C/C=C/C=C/C(=C\C(O)=C1/C(=O)[C@H](Cc2ccc(O)cc2)N(Cc2ccc(OC)cc2)C1=O)c1ccc(OC)cc1. The van der Waals surface area contributed by atoms with E-state index in [9.17, 15) is 19.8 Å². The first-order chi connectivity index (χ1) is 19.8. The van der Waals surface area contributed by atoms with Crippen LogP contribution in [-0.4, -0.2) is 47.1 Å². The molecule has 7 heteroatoms. The van der Waals surface area contributed by atoms with Crippen LogP contribution in [0.3, 0.4) is 0 Å². The summed E-state index contributed by atoms with van der Waals surface area (Å²) in [5.41, 5.74) is 2.71. The summed E-state index contributed by atoms with van der Waals surface area (Å²) in [5.74, 6) is 0.0628. The summed E-state index contributed by atoms with van der Waals surface area (Å²) >= 11 is 0. The number of phenols is 1. The lowest BCUT2D eigenvalue weighted by molar-refractivity contribution is -0.127. The number of ether oxygens (including phenoxy) is 2. The zero-order valence-electron chi connectivity index (χ0n) is 23.3. The minimum atomic E-state index is -0.831. The first-order valence-electron chi connectivity index (χ1n) is 13.2. The van der Waals surface area contributed by atoms with E-state index in [4.69, 9.17) is 9.47 Å². The summed E-state index contributed by atoms with van der Waals surface area (Å²) in [6.07, 6.45) is 9.00. The number of carbonyl (C=O) groups excluding carboxylic acids is 2. The highest BCUT2D eigenvalue weighted by Crippen LogP contribution is 2.30. The summed E-state index contributed by atoms with van der Waals surface area (Å²) in [5, 5.41) is 21.0. The Hall–Kier alpha value is -5.04. The number of aromatic hydroxyl groups is 1. The van der Waals surface area contributed by atoms with Crippen LogP contribution in [0.4, 0.5) is 0 Å². The number of likely N-dealkylation sites (tertiary alicyclic amines) is 1. The Labute approximate surface area is 240 Å². The van der Waals surface area contributed by atoms with Gasteiger partial charge in [0.05, 0.1) is 14.2 Å². The van der Waals surface area contributed by atoms with Gasteiger partial charge in [-0.25, -0.2) is 0 Å². The number of aliphatic hydroxyl groups excluding tert-OH is 1. The number of hydrogen-bond acceptors (Lipinski definition) is 6. The molecule has 210 valence electrons. The van der Waals surface area contributed by atoms with Crippen molar-refractivity contribution in [2.45, 2.75) is 25.9 Å². The third kappa shape index (κ3) is 6.94. The average Bonchev–Trinajstić information content (AvgIpc) is 3.22. The molecule has 3 aromatic rings. The number of Topliss-reactive ketones (excluding diaryl/α,β-unsaturated/α-hetero) is 1. The quantitative estimate of drug-likeness (QED) is 0.140. The summed E-state index contributed by atoms with van der Waals surface area (Å²) in [6.45, 7) is 2.06. The van der Waals surface area contributed by atoms with Gasteiger partial charge in [-0.15, -0.1) is 0 Å². The number of aliphatic hydroxyl groups is 1. The van der Waals surface area contributed by atoms with Gasteiger partial charge in [0.25, 0.3) is 5.91 Å². The van der Waals surface area contributed by atoms with E-state index < -0.39 is 23.5 Å². The molecule has 1 atom stereocenters. The van der Waals surface area contributed by atoms with E-state index in [2.05, 4.69) is 0 Å². The third-order valence-corrected chi connectivity index (χ3v) is 6.83. The normalized spacial score (nSPS) is 17.1. The second-order valence-corrected chi connectivity index (χ2v) is 9.51. The van der Waals surface area contributed by atoms with E-state index in [0.717, 1.165) is 16.7 Å². The fourth-order valence-corrected chi connectivity index (χ4v) is 4.60. The lowest BCUT2D eigenvalue weighted by atomic mass is 9.99. The monoisotopic (exact) mass is 551 g/mol. The van der Waals surface area contributed by atoms with Crippen LogP contribution in [0, 0.1) is 0 Å². The van der Waals surface area contributed by atoms with Crippen LogP contribution in [0.1, 0.15) is 23.6 Å². The number of ketones is 1. The molecule has 0 bridgehead atoms. The van der Waals surface area contributed by atoms with Crippen molar-refractivity contribution in [3.05, 3.63) is 131 Å². The standard InChI is InChI=1S/C34H33NO6/c1-4-5-6-7-26(25-12-18-29(41-3)19-13-25)21-31(37)32-33(38)30(20-23-8-14-27(36)15-9-23)35(34(32)39)22-24-10-16-28(40-2)17-11-24/h4-19,21,30,36-37H,20,22H2,1-3H3/b5-4+,7-6+,26-21+,32-31-/t30-/m0/s1. The molecule has 1 heterocycles. The van der Waals surface area contributed by atoms with Gasteiger partial charge in [-0.1, -0.05) is 60.7 Å². The number of benzene rings is 3. The van der Waals surface area contributed by atoms with Crippen LogP contribution < -0.4 is 9.47 Å². The Kier molecular flexibility index (Phi) is 9.43. The molecule has 1 amide bonds. The largest absolute Gasteiger partial charge is 0.508 e. The van der Waals surface area contributed by atoms with E-state index in [1.165, 1.54) is 11.0 Å². The molecule has 2 N–H and O–H groups in total. The van der Waals surface area contributed by atoms with Crippen LogP contribution in [0.15, 0.2) is 115 Å². The van der Waals surface area contributed by atoms with Gasteiger partial charge in [-0.3, -0.25) is 9.59 Å². The van der Waals surface area contributed by atoms with Crippen LogP contribution in [0.5, 0.6) is 17.2 Å². The summed E-state index contributed by atoms with van der Waals surface area (Å²) in [6, 6.07) is 20.2. The molecule has 0 unspecified atom stereocenters. The Bertz CT molecular complexity index is 1500. The van der Waals surface area contributed by atoms with E-state index in [1.54, 1.807) is 68.8 Å². The van der Waals surface area contributed by atoms with Crippen molar-refractivity contribution >= 4 is 17.3 Å². The van der Waals surface area contributed by atoms with E-state index in [1.807, 2.05) is 49.4 Å². The first-order valence-corrected chi connectivity index (χ1v) is 13.2. The van der Waals surface area contributed by atoms with E-state index >= 15 is 0 Å². The molecule has 3 aromatic carbocycles. The molecule has 0 aliphatic carbocycles. The fraction of sp³-hybridized carbons (Fsp3) is 0.176. The molecule has 1 saturated heterocycles. The molecule has 1 aliphatic rings. The number of allylic oxidation sites excluding steroid dienone is 6. The number of phenolic OH excluding ortho intramolecular Hbond substituents is 1. The van der Waals surface area contributed by atoms with Crippen LogP contribution in [-0.2, 0) is 22.6 Å². The predicted molar refractivity (Wildman–Crippen MR) is 159 cm³/mol. The van der Waals surface area contributed by atoms with Crippen molar-refractivity contribution in [1.29, 1.82) is 0 Å². The van der Waals surface area contributed by atoms with Gasteiger partial charge in [0.1, 0.15) is 34.6 Å². The zero-order valence-corrected chi connectivity index (χ0v) is 23.3. The van der Waals surface area contributed by atoms with Crippen molar-refractivity contribution in [2.75, 3.05) is 14.2 Å². The molecule has 0 aromatic heterocycles. The van der Waals surface area contributed by atoms with Gasteiger partial charge in [0.2, 0.25) is 0 Å². The maximum absolute atomic E-state index is 13.8. The maximum atomic E-state index is 13.8. The Morgan fingerprint density at radius 1 is 0.854 bits per heavy atom. The number of hydrogen-bond donors (Lipinski definition) is 2. The lowest BCUT2D eigenvalue weighted by Crippen LogP contribution is -2.36. The topological polar surface area (TPSA) is 96.3 Å². The summed E-state index contributed by atoms with van der Waals surface area (Å²) < 4.78 is 10.5. The molecule has 0 radical (unpaired) electrons.